The van der Waals surface area contributed by atoms with Crippen LogP contribution in [0.4, 0.5) is 5.69 Å². The van der Waals surface area contributed by atoms with E-state index in [-0.39, 0.29) is 24.1 Å². The summed E-state index contributed by atoms with van der Waals surface area (Å²) in [7, 11) is 0. The predicted molar refractivity (Wildman–Crippen MR) is 102 cm³/mol. The van der Waals surface area contributed by atoms with Crippen LogP contribution in [0.25, 0.3) is 0 Å². The Morgan fingerprint density at radius 2 is 1.81 bits per heavy atom. The molecule has 0 aliphatic carbocycles. The molecular formula is C20H22N2O3S. The molecule has 3 amide bonds. The summed E-state index contributed by atoms with van der Waals surface area (Å²) >= 11 is 1.33. The third kappa shape index (κ3) is 3.29. The quantitative estimate of drug-likeness (QED) is 0.775. The van der Waals surface area contributed by atoms with Crippen LogP contribution >= 0.6 is 11.3 Å². The van der Waals surface area contributed by atoms with E-state index in [1.807, 2.05) is 45.2 Å². The van der Waals surface area contributed by atoms with Gasteiger partial charge < -0.3 is 4.90 Å². The standard InChI is InChI=1S/C20H22N2O3S/c1-13-7-9-14(10-8-13)21-17(23)12-15(18(21)24)22(20(2,3)4)19(25)16-6-5-11-26-16/h5-11,15H,12H2,1-4H3. The number of nitrogens with zero attached hydrogens (tertiary/aromatic N) is 2. The Bertz CT molecular complexity index is 835. The number of thiophene rings is 1. The molecule has 1 aliphatic heterocycles. The summed E-state index contributed by atoms with van der Waals surface area (Å²) in [5.74, 6) is -0.847. The Labute approximate surface area is 157 Å². The number of aryl methyl sites for hydroxylation is 1. The Balaban J connectivity index is 1.96. The summed E-state index contributed by atoms with van der Waals surface area (Å²) in [6.07, 6.45) is 0.00109. The molecule has 0 saturated carbocycles. The van der Waals surface area contributed by atoms with Gasteiger partial charge in [0.1, 0.15) is 6.04 Å². The van der Waals surface area contributed by atoms with E-state index in [9.17, 15) is 14.4 Å². The van der Waals surface area contributed by atoms with Gasteiger partial charge in [-0.3, -0.25) is 14.4 Å². The van der Waals surface area contributed by atoms with Crippen LogP contribution in [0, 0.1) is 6.92 Å². The lowest BCUT2D eigenvalue weighted by molar-refractivity contribution is -0.123. The number of hydrogen-bond donors (Lipinski definition) is 0. The molecule has 1 saturated heterocycles. The maximum Gasteiger partial charge on any atom is 0.265 e. The molecule has 1 aliphatic rings. The molecule has 2 aromatic rings. The summed E-state index contributed by atoms with van der Waals surface area (Å²) < 4.78 is 0. The summed E-state index contributed by atoms with van der Waals surface area (Å²) in [4.78, 5) is 42.0. The van der Waals surface area contributed by atoms with Crippen LogP contribution in [0.2, 0.25) is 0 Å². The Kier molecular flexibility index (Phi) is 4.71. The monoisotopic (exact) mass is 370 g/mol. The second-order valence-corrected chi connectivity index (χ2v) is 8.39. The van der Waals surface area contributed by atoms with Crippen molar-refractivity contribution in [3.05, 3.63) is 52.2 Å². The zero-order valence-corrected chi connectivity index (χ0v) is 16.2. The van der Waals surface area contributed by atoms with Crippen LogP contribution in [-0.2, 0) is 9.59 Å². The fourth-order valence-corrected chi connectivity index (χ4v) is 3.88. The van der Waals surface area contributed by atoms with Gasteiger partial charge in [0.15, 0.2) is 0 Å². The molecule has 6 heteroatoms. The maximum atomic E-state index is 13.1. The zero-order valence-electron chi connectivity index (χ0n) is 15.4. The molecule has 5 nitrogen and oxygen atoms in total. The number of carbonyl (C=O) groups excluding carboxylic acids is 3. The smallest absolute Gasteiger partial charge is 0.265 e. The van der Waals surface area contributed by atoms with Crippen molar-refractivity contribution in [2.24, 2.45) is 0 Å². The van der Waals surface area contributed by atoms with Gasteiger partial charge >= 0.3 is 0 Å². The molecule has 136 valence electrons. The summed E-state index contributed by atoms with van der Waals surface area (Å²) in [5, 5.41) is 1.83. The molecule has 1 unspecified atom stereocenters. The first-order chi connectivity index (χ1) is 12.2. The second-order valence-electron chi connectivity index (χ2n) is 7.45. The van der Waals surface area contributed by atoms with Crippen LogP contribution in [0.5, 0.6) is 0 Å². The van der Waals surface area contributed by atoms with E-state index in [1.54, 1.807) is 29.2 Å². The number of benzene rings is 1. The number of imide groups is 1. The molecule has 3 rings (SSSR count). The van der Waals surface area contributed by atoms with Crippen molar-refractivity contribution in [2.75, 3.05) is 4.90 Å². The van der Waals surface area contributed by atoms with E-state index < -0.39 is 11.6 Å². The molecule has 2 heterocycles. The molecule has 0 spiro atoms. The Hall–Kier alpha value is -2.47. The van der Waals surface area contributed by atoms with Gasteiger partial charge in [-0.05, 0) is 51.3 Å². The van der Waals surface area contributed by atoms with E-state index in [1.165, 1.54) is 16.2 Å². The highest BCUT2D eigenvalue weighted by molar-refractivity contribution is 7.12. The van der Waals surface area contributed by atoms with E-state index in [2.05, 4.69) is 0 Å². The fraction of sp³-hybridized carbons (Fsp3) is 0.350. The van der Waals surface area contributed by atoms with Crippen LogP contribution < -0.4 is 4.90 Å². The average molecular weight is 370 g/mol. The number of hydrogen-bond acceptors (Lipinski definition) is 4. The molecule has 0 radical (unpaired) electrons. The summed E-state index contributed by atoms with van der Waals surface area (Å²) in [6, 6.07) is 10.00. The molecule has 0 N–H and O–H groups in total. The van der Waals surface area contributed by atoms with Crippen LogP contribution in [0.3, 0.4) is 0 Å². The second kappa shape index (κ2) is 6.68. The van der Waals surface area contributed by atoms with Crippen molar-refractivity contribution in [1.82, 2.24) is 4.90 Å². The van der Waals surface area contributed by atoms with Gasteiger partial charge in [-0.1, -0.05) is 23.8 Å². The van der Waals surface area contributed by atoms with Crippen molar-refractivity contribution in [2.45, 2.75) is 45.7 Å². The van der Waals surface area contributed by atoms with Crippen molar-refractivity contribution in [1.29, 1.82) is 0 Å². The van der Waals surface area contributed by atoms with Crippen LogP contribution in [-0.4, -0.2) is 34.2 Å². The molecule has 26 heavy (non-hydrogen) atoms. The van der Waals surface area contributed by atoms with Crippen LogP contribution in [0.1, 0.15) is 42.4 Å². The SMILES string of the molecule is Cc1ccc(N2C(=O)CC(N(C(=O)c3cccs3)C(C)(C)C)C2=O)cc1. The number of amides is 3. The lowest BCUT2D eigenvalue weighted by atomic mass is 10.0. The molecule has 1 atom stereocenters. The topological polar surface area (TPSA) is 57.7 Å². The van der Waals surface area contributed by atoms with Gasteiger partial charge in [-0.25, -0.2) is 4.90 Å². The lowest BCUT2D eigenvalue weighted by Gasteiger charge is -2.38. The van der Waals surface area contributed by atoms with Gasteiger partial charge in [0, 0.05) is 5.54 Å². The first kappa shape index (κ1) is 18.3. The fourth-order valence-electron chi connectivity index (χ4n) is 3.22. The lowest BCUT2D eigenvalue weighted by Crippen LogP contribution is -2.54. The zero-order chi connectivity index (χ0) is 19.1. The van der Waals surface area contributed by atoms with E-state index >= 15 is 0 Å². The van der Waals surface area contributed by atoms with E-state index in [4.69, 9.17) is 0 Å². The van der Waals surface area contributed by atoms with Gasteiger partial charge in [0.05, 0.1) is 17.0 Å². The summed E-state index contributed by atoms with van der Waals surface area (Å²) in [5.41, 5.74) is 1.00. The van der Waals surface area contributed by atoms with Crippen LogP contribution in [0.15, 0.2) is 41.8 Å². The third-order valence-corrected chi connectivity index (χ3v) is 5.26. The van der Waals surface area contributed by atoms with E-state index in [0.29, 0.717) is 10.6 Å². The molecule has 1 aromatic carbocycles. The van der Waals surface area contributed by atoms with Gasteiger partial charge in [0.25, 0.3) is 11.8 Å². The first-order valence-electron chi connectivity index (χ1n) is 8.51. The molecule has 1 fully saturated rings. The largest absolute Gasteiger partial charge is 0.321 e. The molecule has 1 aromatic heterocycles. The minimum atomic E-state index is -0.793. The van der Waals surface area contributed by atoms with Crippen molar-refractivity contribution in [3.63, 3.8) is 0 Å². The Morgan fingerprint density at radius 3 is 2.35 bits per heavy atom. The Morgan fingerprint density at radius 1 is 1.15 bits per heavy atom. The number of carbonyl (C=O) groups is 3. The average Bonchev–Trinajstić information content (AvgIpc) is 3.17. The third-order valence-electron chi connectivity index (χ3n) is 4.40. The van der Waals surface area contributed by atoms with Gasteiger partial charge in [0.2, 0.25) is 5.91 Å². The first-order valence-corrected chi connectivity index (χ1v) is 9.39. The van der Waals surface area contributed by atoms with Gasteiger partial charge in [-0.2, -0.15) is 0 Å². The molecular weight excluding hydrogens is 348 g/mol. The van der Waals surface area contributed by atoms with Crippen molar-refractivity contribution in [3.8, 4) is 0 Å². The molecule has 0 bridgehead atoms. The highest BCUT2D eigenvalue weighted by atomic mass is 32.1. The number of rotatable bonds is 3. The van der Waals surface area contributed by atoms with E-state index in [0.717, 1.165) is 5.56 Å². The van der Waals surface area contributed by atoms with Crippen molar-refractivity contribution < 1.29 is 14.4 Å². The van der Waals surface area contributed by atoms with Crippen molar-refractivity contribution >= 4 is 34.7 Å². The highest BCUT2D eigenvalue weighted by Gasteiger charge is 2.47. The van der Waals surface area contributed by atoms with Gasteiger partial charge in [-0.15, -0.1) is 11.3 Å². The minimum absolute atomic E-state index is 0.00109. The maximum absolute atomic E-state index is 13.1. The number of anilines is 1. The summed E-state index contributed by atoms with van der Waals surface area (Å²) in [6.45, 7) is 7.58. The predicted octanol–water partition coefficient (Wildman–Crippen LogP) is 3.63. The normalized spacial score (nSPS) is 17.7. The minimum Gasteiger partial charge on any atom is -0.321 e. The highest BCUT2D eigenvalue weighted by Crippen LogP contribution is 2.31.